The standard InChI is InChI=1S/C14H22O8.Na.H/c1-5-19-11(16)8-14(22-10(4)15,13(18)21-7-3)9-12(17)20-6-2;;/h5-9H2,1-4H3;;/q;+1;-1. The van der Waals surface area contributed by atoms with Crippen LogP contribution in [0, 0.1) is 0 Å². The van der Waals surface area contributed by atoms with E-state index in [9.17, 15) is 19.2 Å². The molecule has 0 heterocycles. The monoisotopic (exact) mass is 342 g/mol. The third-order valence-corrected chi connectivity index (χ3v) is 2.46. The molecule has 128 valence electrons. The molecular formula is C14H23NaO8. The second kappa shape index (κ2) is 12.3. The summed E-state index contributed by atoms with van der Waals surface area (Å²) in [4.78, 5) is 46.9. The first kappa shape index (κ1) is 24.1. The molecule has 0 N–H and O–H groups in total. The topological polar surface area (TPSA) is 105 Å². The smallest absolute Gasteiger partial charge is 1.00 e. The molecule has 0 fully saturated rings. The fourth-order valence-electron chi connectivity index (χ4n) is 1.75. The Hall–Kier alpha value is -1.12. The van der Waals surface area contributed by atoms with Gasteiger partial charge >= 0.3 is 53.4 Å². The van der Waals surface area contributed by atoms with Gasteiger partial charge in [0, 0.05) is 6.92 Å². The molecule has 0 saturated heterocycles. The first-order chi connectivity index (χ1) is 10.3. The predicted molar refractivity (Wildman–Crippen MR) is 74.7 cm³/mol. The normalized spacial score (nSPS) is 10.1. The maximum atomic E-state index is 12.2. The molecule has 0 atom stereocenters. The van der Waals surface area contributed by atoms with Crippen molar-refractivity contribution in [3.63, 3.8) is 0 Å². The van der Waals surface area contributed by atoms with Crippen LogP contribution in [0.3, 0.4) is 0 Å². The molecule has 9 heteroatoms. The van der Waals surface area contributed by atoms with E-state index in [1.54, 1.807) is 20.8 Å². The average molecular weight is 342 g/mol. The van der Waals surface area contributed by atoms with Crippen molar-refractivity contribution in [3.05, 3.63) is 0 Å². The third-order valence-electron chi connectivity index (χ3n) is 2.46. The van der Waals surface area contributed by atoms with Crippen molar-refractivity contribution in [2.45, 2.75) is 46.1 Å². The van der Waals surface area contributed by atoms with Crippen molar-refractivity contribution < 1.29 is 69.1 Å². The zero-order valence-corrected chi connectivity index (χ0v) is 16.3. The summed E-state index contributed by atoms with van der Waals surface area (Å²) in [6.07, 6.45) is -1.25. The summed E-state index contributed by atoms with van der Waals surface area (Å²) < 4.78 is 19.3. The van der Waals surface area contributed by atoms with E-state index in [1.807, 2.05) is 0 Å². The summed E-state index contributed by atoms with van der Waals surface area (Å²) >= 11 is 0. The second-order valence-electron chi connectivity index (χ2n) is 4.27. The summed E-state index contributed by atoms with van der Waals surface area (Å²) in [7, 11) is 0. The molecule has 0 aliphatic rings. The fraction of sp³-hybridized carbons (Fsp3) is 0.714. The third kappa shape index (κ3) is 8.92. The fourth-order valence-corrected chi connectivity index (χ4v) is 1.75. The maximum Gasteiger partial charge on any atom is 1.00 e. The SMILES string of the molecule is CCOC(=O)CC(CC(=O)OCC)(OC(C)=O)C(=O)OCC.[H-].[Na+]. The minimum Gasteiger partial charge on any atom is -1.00 e. The van der Waals surface area contributed by atoms with Crippen LogP contribution in [-0.2, 0) is 38.1 Å². The Bertz CT molecular complexity index is 407. The summed E-state index contributed by atoms with van der Waals surface area (Å²) in [5.41, 5.74) is -2.08. The van der Waals surface area contributed by atoms with E-state index in [-0.39, 0.29) is 50.8 Å². The van der Waals surface area contributed by atoms with Crippen LogP contribution in [0.15, 0.2) is 0 Å². The van der Waals surface area contributed by atoms with Crippen LogP contribution in [0.2, 0.25) is 0 Å². The molecule has 0 rings (SSSR count). The minimum absolute atomic E-state index is 0. The maximum absolute atomic E-state index is 12.2. The number of ether oxygens (including phenoxy) is 4. The average Bonchev–Trinajstić information content (AvgIpc) is 2.38. The first-order valence-corrected chi connectivity index (χ1v) is 6.99. The van der Waals surface area contributed by atoms with Gasteiger partial charge in [-0.05, 0) is 20.8 Å². The number of esters is 4. The second-order valence-corrected chi connectivity index (χ2v) is 4.27. The van der Waals surface area contributed by atoms with Gasteiger partial charge in [0.05, 0.1) is 32.7 Å². The number of carbonyl (C=O) groups is 4. The summed E-state index contributed by atoms with van der Waals surface area (Å²) in [5, 5.41) is 0. The van der Waals surface area contributed by atoms with E-state index < -0.39 is 42.3 Å². The van der Waals surface area contributed by atoms with Crippen molar-refractivity contribution in [2.24, 2.45) is 0 Å². The van der Waals surface area contributed by atoms with Gasteiger partial charge in [0.2, 0.25) is 5.60 Å². The number of carbonyl (C=O) groups excluding carboxylic acids is 4. The predicted octanol–water partition coefficient (Wildman–Crippen LogP) is -2.13. The molecule has 8 nitrogen and oxygen atoms in total. The van der Waals surface area contributed by atoms with Crippen LogP contribution in [-0.4, -0.2) is 49.3 Å². The number of hydrogen-bond donors (Lipinski definition) is 0. The van der Waals surface area contributed by atoms with Crippen LogP contribution in [0.25, 0.3) is 0 Å². The molecule has 0 amide bonds. The van der Waals surface area contributed by atoms with Crippen LogP contribution in [0.5, 0.6) is 0 Å². The van der Waals surface area contributed by atoms with Gasteiger partial charge in [-0.2, -0.15) is 0 Å². The van der Waals surface area contributed by atoms with E-state index in [0.29, 0.717) is 0 Å². The zero-order valence-electron chi connectivity index (χ0n) is 15.3. The summed E-state index contributed by atoms with van der Waals surface area (Å²) in [6, 6.07) is 0. The molecule has 0 aliphatic carbocycles. The molecule has 0 aliphatic heterocycles. The van der Waals surface area contributed by atoms with E-state index in [0.717, 1.165) is 6.92 Å². The van der Waals surface area contributed by atoms with Gasteiger partial charge in [-0.3, -0.25) is 14.4 Å². The van der Waals surface area contributed by atoms with Gasteiger partial charge < -0.3 is 20.4 Å². The Kier molecular flexibility index (Phi) is 12.9. The van der Waals surface area contributed by atoms with Gasteiger partial charge in [0.1, 0.15) is 0 Å². The van der Waals surface area contributed by atoms with E-state index in [2.05, 4.69) is 0 Å². The minimum atomic E-state index is -2.08. The van der Waals surface area contributed by atoms with Crippen LogP contribution < -0.4 is 29.6 Å². The van der Waals surface area contributed by atoms with E-state index >= 15 is 0 Å². The van der Waals surface area contributed by atoms with Gasteiger partial charge in [0.15, 0.2) is 0 Å². The molecule has 0 aromatic heterocycles. The number of rotatable bonds is 9. The van der Waals surface area contributed by atoms with Crippen molar-refractivity contribution in [2.75, 3.05) is 19.8 Å². The Labute approximate surface area is 158 Å². The van der Waals surface area contributed by atoms with Gasteiger partial charge in [-0.1, -0.05) is 0 Å². The molecular weight excluding hydrogens is 319 g/mol. The summed E-state index contributed by atoms with van der Waals surface area (Å²) in [6.45, 7) is 5.93. The molecule has 0 saturated carbocycles. The Morgan fingerprint density at radius 3 is 1.52 bits per heavy atom. The van der Waals surface area contributed by atoms with Gasteiger partial charge in [-0.15, -0.1) is 0 Å². The Balaban J connectivity index is -0.00000220. The van der Waals surface area contributed by atoms with Crippen molar-refractivity contribution in [3.8, 4) is 0 Å². The molecule has 0 spiro atoms. The van der Waals surface area contributed by atoms with E-state index in [1.165, 1.54) is 0 Å². The van der Waals surface area contributed by atoms with Crippen LogP contribution in [0.1, 0.15) is 42.0 Å². The summed E-state index contributed by atoms with van der Waals surface area (Å²) in [5.74, 6) is -3.41. The Morgan fingerprint density at radius 2 is 1.22 bits per heavy atom. The molecule has 0 aromatic carbocycles. The van der Waals surface area contributed by atoms with Gasteiger partial charge in [-0.25, -0.2) is 4.79 Å². The van der Waals surface area contributed by atoms with Crippen molar-refractivity contribution >= 4 is 23.9 Å². The molecule has 23 heavy (non-hydrogen) atoms. The molecule has 0 bridgehead atoms. The van der Waals surface area contributed by atoms with Crippen molar-refractivity contribution in [1.82, 2.24) is 0 Å². The Morgan fingerprint density at radius 1 is 0.826 bits per heavy atom. The molecule has 0 unspecified atom stereocenters. The van der Waals surface area contributed by atoms with E-state index in [4.69, 9.17) is 18.9 Å². The largest absolute Gasteiger partial charge is 1.00 e. The molecule has 0 aromatic rings. The zero-order chi connectivity index (χ0) is 17.2. The quantitative estimate of drug-likeness (QED) is 0.266. The van der Waals surface area contributed by atoms with Crippen molar-refractivity contribution in [1.29, 1.82) is 0 Å². The number of hydrogen-bond acceptors (Lipinski definition) is 8. The van der Waals surface area contributed by atoms with Crippen LogP contribution in [0.4, 0.5) is 0 Å². The van der Waals surface area contributed by atoms with Gasteiger partial charge in [0.25, 0.3) is 0 Å². The van der Waals surface area contributed by atoms with Crippen LogP contribution >= 0.6 is 0 Å². The molecule has 0 radical (unpaired) electrons. The first-order valence-electron chi connectivity index (χ1n) is 6.99.